The van der Waals surface area contributed by atoms with Crippen molar-refractivity contribution in [2.75, 3.05) is 11.9 Å². The lowest BCUT2D eigenvalue weighted by molar-refractivity contribution is 0.0749. The second-order valence-corrected chi connectivity index (χ2v) is 4.81. The van der Waals surface area contributed by atoms with Crippen molar-refractivity contribution in [1.82, 2.24) is 4.90 Å². The van der Waals surface area contributed by atoms with Gasteiger partial charge in [-0.2, -0.15) is 0 Å². The third-order valence-electron chi connectivity index (χ3n) is 2.76. The van der Waals surface area contributed by atoms with E-state index in [0.717, 1.165) is 18.9 Å². The van der Waals surface area contributed by atoms with E-state index in [0.29, 0.717) is 11.9 Å². The topological polar surface area (TPSA) is 20.3 Å². The molecule has 1 aliphatic rings. The van der Waals surface area contributed by atoms with E-state index in [4.69, 9.17) is 0 Å². The number of nitrogens with zero attached hydrogens (tertiary/aromatic N) is 1. The highest BCUT2D eigenvalue weighted by Gasteiger charge is 2.33. The molecule has 1 aliphatic carbocycles. The molecule has 0 aliphatic heterocycles. The molecule has 0 spiro atoms. The fraction of sp³-hybridized carbons (Fsp3) is 0.417. The van der Waals surface area contributed by atoms with E-state index in [1.165, 1.54) is 12.1 Å². The number of amides is 1. The Morgan fingerprint density at radius 3 is 2.71 bits per heavy atom. The van der Waals surface area contributed by atoms with E-state index >= 15 is 0 Å². The maximum atomic E-state index is 13.5. The van der Waals surface area contributed by atoms with E-state index in [-0.39, 0.29) is 11.6 Å². The van der Waals surface area contributed by atoms with Crippen molar-refractivity contribution in [2.24, 2.45) is 0 Å². The molecule has 92 valence electrons. The number of benzene rings is 1. The summed E-state index contributed by atoms with van der Waals surface area (Å²) in [5, 5.41) is 0.631. The molecule has 1 saturated carbocycles. The van der Waals surface area contributed by atoms with Crippen molar-refractivity contribution < 1.29 is 13.6 Å². The highest BCUT2D eigenvalue weighted by molar-refractivity contribution is 9.09. The second-order valence-electron chi connectivity index (χ2n) is 4.02. The zero-order valence-corrected chi connectivity index (χ0v) is 10.7. The van der Waals surface area contributed by atoms with E-state index < -0.39 is 17.5 Å². The van der Waals surface area contributed by atoms with Crippen LogP contribution >= 0.6 is 15.9 Å². The number of carbonyl (C=O) groups is 1. The number of hydrogen-bond acceptors (Lipinski definition) is 1. The number of halogens is 3. The Morgan fingerprint density at radius 2 is 2.12 bits per heavy atom. The summed E-state index contributed by atoms with van der Waals surface area (Å²) in [7, 11) is 0. The third kappa shape index (κ3) is 2.65. The van der Waals surface area contributed by atoms with Crippen LogP contribution in [-0.4, -0.2) is 28.7 Å². The monoisotopic (exact) mass is 303 g/mol. The molecule has 2 rings (SSSR count). The van der Waals surface area contributed by atoms with Gasteiger partial charge in [0.1, 0.15) is 0 Å². The fourth-order valence-electron chi connectivity index (χ4n) is 1.75. The first kappa shape index (κ1) is 12.5. The van der Waals surface area contributed by atoms with Crippen LogP contribution in [0.1, 0.15) is 23.2 Å². The van der Waals surface area contributed by atoms with Crippen LogP contribution in [0.15, 0.2) is 18.2 Å². The molecule has 0 radical (unpaired) electrons. The lowest BCUT2D eigenvalue weighted by Gasteiger charge is -2.21. The van der Waals surface area contributed by atoms with Crippen molar-refractivity contribution in [3.8, 4) is 0 Å². The molecule has 2 nitrogen and oxygen atoms in total. The minimum Gasteiger partial charge on any atom is -0.335 e. The Morgan fingerprint density at radius 1 is 1.41 bits per heavy atom. The summed E-state index contributed by atoms with van der Waals surface area (Å²) in [6.45, 7) is 0.513. The Balaban J connectivity index is 2.25. The number of carbonyl (C=O) groups excluding carboxylic acids is 1. The van der Waals surface area contributed by atoms with Crippen LogP contribution in [0.4, 0.5) is 8.78 Å². The van der Waals surface area contributed by atoms with Crippen LogP contribution in [0.2, 0.25) is 0 Å². The number of rotatable bonds is 4. The van der Waals surface area contributed by atoms with Crippen molar-refractivity contribution >= 4 is 21.8 Å². The highest BCUT2D eigenvalue weighted by Crippen LogP contribution is 2.28. The van der Waals surface area contributed by atoms with E-state index in [1.807, 2.05) is 0 Å². The maximum Gasteiger partial charge on any atom is 0.257 e. The minimum atomic E-state index is -1.06. The SMILES string of the molecule is O=C(c1cccc(F)c1F)N(CCBr)C1CC1. The summed E-state index contributed by atoms with van der Waals surface area (Å²) in [5.74, 6) is -2.47. The molecular formula is C12H12BrF2NO. The molecule has 1 amide bonds. The van der Waals surface area contributed by atoms with Crippen LogP contribution in [0.3, 0.4) is 0 Å². The third-order valence-corrected chi connectivity index (χ3v) is 3.11. The molecule has 1 fully saturated rings. The van der Waals surface area contributed by atoms with Crippen LogP contribution in [-0.2, 0) is 0 Å². The van der Waals surface area contributed by atoms with Gasteiger partial charge in [-0.25, -0.2) is 8.78 Å². The summed E-state index contributed by atoms with van der Waals surface area (Å²) < 4.78 is 26.6. The molecule has 5 heteroatoms. The Bertz CT molecular complexity index is 435. The second kappa shape index (κ2) is 5.12. The van der Waals surface area contributed by atoms with Gasteiger partial charge in [0.05, 0.1) is 5.56 Å². The van der Waals surface area contributed by atoms with Gasteiger partial charge >= 0.3 is 0 Å². The van der Waals surface area contributed by atoms with Gasteiger partial charge in [0.2, 0.25) is 0 Å². The van der Waals surface area contributed by atoms with Gasteiger partial charge in [-0.1, -0.05) is 22.0 Å². The van der Waals surface area contributed by atoms with Gasteiger partial charge in [-0.15, -0.1) is 0 Å². The van der Waals surface area contributed by atoms with Gasteiger partial charge in [0.15, 0.2) is 11.6 Å². The predicted octanol–water partition coefficient (Wildman–Crippen LogP) is 2.96. The quantitative estimate of drug-likeness (QED) is 0.783. The first-order valence-corrected chi connectivity index (χ1v) is 6.58. The van der Waals surface area contributed by atoms with Crippen molar-refractivity contribution in [3.63, 3.8) is 0 Å². The van der Waals surface area contributed by atoms with Crippen molar-refractivity contribution in [1.29, 1.82) is 0 Å². The highest BCUT2D eigenvalue weighted by atomic mass is 79.9. The normalized spacial score (nSPS) is 14.8. The van der Waals surface area contributed by atoms with E-state index in [2.05, 4.69) is 15.9 Å². The predicted molar refractivity (Wildman–Crippen MR) is 64.2 cm³/mol. The van der Waals surface area contributed by atoms with Gasteiger partial charge in [-0.3, -0.25) is 4.79 Å². The molecule has 1 aromatic carbocycles. The van der Waals surface area contributed by atoms with Crippen LogP contribution in [0, 0.1) is 11.6 Å². The van der Waals surface area contributed by atoms with Gasteiger partial charge in [0.25, 0.3) is 5.91 Å². The molecule has 0 heterocycles. The average Bonchev–Trinajstić information content (AvgIpc) is 3.13. The number of hydrogen-bond donors (Lipinski definition) is 0. The first-order valence-electron chi connectivity index (χ1n) is 5.46. The van der Waals surface area contributed by atoms with Crippen molar-refractivity contribution in [3.05, 3.63) is 35.4 Å². The van der Waals surface area contributed by atoms with Crippen LogP contribution < -0.4 is 0 Å². The molecular weight excluding hydrogens is 292 g/mol. The molecule has 17 heavy (non-hydrogen) atoms. The summed E-state index contributed by atoms with van der Waals surface area (Å²) >= 11 is 3.26. The molecule has 0 atom stereocenters. The van der Waals surface area contributed by atoms with Crippen LogP contribution in [0.5, 0.6) is 0 Å². The lowest BCUT2D eigenvalue weighted by atomic mass is 10.1. The first-order chi connectivity index (χ1) is 8.15. The number of alkyl halides is 1. The smallest absolute Gasteiger partial charge is 0.257 e. The fourth-order valence-corrected chi connectivity index (χ4v) is 2.13. The van der Waals surface area contributed by atoms with Gasteiger partial charge < -0.3 is 4.90 Å². The van der Waals surface area contributed by atoms with Crippen molar-refractivity contribution in [2.45, 2.75) is 18.9 Å². The summed E-state index contributed by atoms with van der Waals surface area (Å²) in [5.41, 5.74) is -0.183. The zero-order chi connectivity index (χ0) is 12.4. The van der Waals surface area contributed by atoms with Gasteiger partial charge in [-0.05, 0) is 25.0 Å². The lowest BCUT2D eigenvalue weighted by Crippen LogP contribution is -2.35. The molecule has 0 N–H and O–H groups in total. The largest absolute Gasteiger partial charge is 0.335 e. The zero-order valence-electron chi connectivity index (χ0n) is 9.13. The molecule has 0 aromatic heterocycles. The average molecular weight is 304 g/mol. The molecule has 0 saturated heterocycles. The van der Waals surface area contributed by atoms with Crippen LogP contribution in [0.25, 0.3) is 0 Å². The maximum absolute atomic E-state index is 13.5. The molecule has 0 bridgehead atoms. The van der Waals surface area contributed by atoms with E-state index in [1.54, 1.807) is 4.90 Å². The van der Waals surface area contributed by atoms with Gasteiger partial charge in [0, 0.05) is 17.9 Å². The summed E-state index contributed by atoms with van der Waals surface area (Å²) in [4.78, 5) is 13.7. The summed E-state index contributed by atoms with van der Waals surface area (Å²) in [6.07, 6.45) is 1.88. The minimum absolute atomic E-state index is 0.183. The summed E-state index contributed by atoms with van der Waals surface area (Å²) in [6, 6.07) is 3.87. The molecule has 1 aromatic rings. The molecule has 0 unspecified atom stereocenters. The van der Waals surface area contributed by atoms with E-state index in [9.17, 15) is 13.6 Å². The standard InChI is InChI=1S/C12H12BrF2NO/c13-6-7-16(8-4-5-8)12(17)9-2-1-3-10(14)11(9)15/h1-3,8H,4-7H2. The Hall–Kier alpha value is -0.970. The Labute approximate surface area is 107 Å². The Kier molecular flexibility index (Phi) is 3.76.